The summed E-state index contributed by atoms with van der Waals surface area (Å²) in [4.78, 5) is 14.6. The Morgan fingerprint density at radius 1 is 1.18 bits per heavy atom. The van der Waals surface area contributed by atoms with Gasteiger partial charge in [0, 0.05) is 35.8 Å². The fourth-order valence-electron chi connectivity index (χ4n) is 3.92. The lowest BCUT2D eigenvalue weighted by atomic mass is 10.0. The van der Waals surface area contributed by atoms with Gasteiger partial charge in [0.05, 0.1) is 23.1 Å². The van der Waals surface area contributed by atoms with Crippen molar-refractivity contribution < 1.29 is 22.3 Å². The van der Waals surface area contributed by atoms with Crippen LogP contribution in [0.15, 0.2) is 47.4 Å². The fourth-order valence-corrected chi connectivity index (χ4v) is 5.80. The lowest BCUT2D eigenvalue weighted by Gasteiger charge is -2.34. The van der Waals surface area contributed by atoms with Gasteiger partial charge in [0.2, 0.25) is 10.0 Å². The lowest BCUT2D eigenvalue weighted by molar-refractivity contribution is -0.0440. The number of hydrogen-bond donors (Lipinski definition) is 1. The number of rotatable bonds is 7. The van der Waals surface area contributed by atoms with Crippen molar-refractivity contribution in [2.24, 2.45) is 0 Å². The molecule has 1 aliphatic heterocycles. The molecule has 0 aromatic heterocycles. The summed E-state index contributed by atoms with van der Waals surface area (Å²) in [5.41, 5.74) is 0.606. The van der Waals surface area contributed by atoms with E-state index in [1.54, 1.807) is 25.1 Å². The maximum Gasteiger partial charge on any atom is 0.251 e. The molecule has 7 nitrogen and oxygen atoms in total. The molecule has 1 aliphatic rings. The summed E-state index contributed by atoms with van der Waals surface area (Å²) in [7, 11) is -0.153. The Morgan fingerprint density at radius 3 is 2.33 bits per heavy atom. The molecule has 0 saturated carbocycles. The molecule has 3 atom stereocenters. The van der Waals surface area contributed by atoms with Crippen LogP contribution in [0.1, 0.15) is 35.8 Å². The Morgan fingerprint density at radius 2 is 1.79 bits per heavy atom. The van der Waals surface area contributed by atoms with Crippen LogP contribution in [-0.4, -0.2) is 69.5 Å². The van der Waals surface area contributed by atoms with Gasteiger partial charge in [-0.05, 0) is 64.3 Å². The van der Waals surface area contributed by atoms with Crippen molar-refractivity contribution in [3.05, 3.63) is 64.4 Å². The molecule has 2 aromatic rings. The smallest absolute Gasteiger partial charge is 0.251 e. The Labute approximate surface area is 199 Å². The van der Waals surface area contributed by atoms with Crippen molar-refractivity contribution in [1.29, 1.82) is 0 Å². The molecule has 1 saturated heterocycles. The summed E-state index contributed by atoms with van der Waals surface area (Å²) in [6.45, 7) is 4.34. The molecule has 1 N–H and O–H groups in total. The van der Waals surface area contributed by atoms with E-state index in [1.165, 1.54) is 40.7 Å². The first-order valence-electron chi connectivity index (χ1n) is 10.6. The maximum absolute atomic E-state index is 14.4. The van der Waals surface area contributed by atoms with E-state index in [0.29, 0.717) is 11.1 Å². The van der Waals surface area contributed by atoms with Crippen LogP contribution in [0.2, 0.25) is 5.02 Å². The zero-order valence-corrected chi connectivity index (χ0v) is 20.7. The van der Waals surface area contributed by atoms with E-state index in [2.05, 4.69) is 5.32 Å². The third kappa shape index (κ3) is 5.91. The summed E-state index contributed by atoms with van der Waals surface area (Å²) in [6, 6.07) is 9.76. The third-order valence-electron chi connectivity index (χ3n) is 5.55. The van der Waals surface area contributed by atoms with E-state index < -0.39 is 27.8 Å². The number of nitrogens with one attached hydrogen (secondary N) is 1. The van der Waals surface area contributed by atoms with Crippen LogP contribution in [-0.2, 0) is 14.8 Å². The second kappa shape index (κ2) is 10.5. The normalized spacial score (nSPS) is 20.6. The van der Waals surface area contributed by atoms with E-state index in [1.807, 2.05) is 13.8 Å². The average Bonchev–Trinajstić information content (AvgIpc) is 2.74. The van der Waals surface area contributed by atoms with Gasteiger partial charge in [-0.25, -0.2) is 12.8 Å². The van der Waals surface area contributed by atoms with Crippen LogP contribution in [0.5, 0.6) is 0 Å². The minimum absolute atomic E-state index is 0.115. The first-order chi connectivity index (χ1) is 15.5. The van der Waals surface area contributed by atoms with Gasteiger partial charge in [0.15, 0.2) is 0 Å². The van der Waals surface area contributed by atoms with Crippen molar-refractivity contribution in [3.63, 3.8) is 0 Å². The van der Waals surface area contributed by atoms with Gasteiger partial charge in [-0.15, -0.1) is 0 Å². The number of morpholine rings is 1. The number of sulfonamides is 1. The zero-order chi connectivity index (χ0) is 24.3. The van der Waals surface area contributed by atoms with E-state index in [4.69, 9.17) is 16.3 Å². The Kier molecular flexibility index (Phi) is 8.13. The van der Waals surface area contributed by atoms with E-state index >= 15 is 0 Å². The highest BCUT2D eigenvalue weighted by Gasteiger charge is 2.32. The second-order valence-electron chi connectivity index (χ2n) is 8.43. The molecule has 10 heteroatoms. The number of likely N-dealkylation sites (N-methyl/N-ethyl adjacent to an activating group) is 1. The highest BCUT2D eigenvalue weighted by molar-refractivity contribution is 7.89. The summed E-state index contributed by atoms with van der Waals surface area (Å²) < 4.78 is 47.4. The molecule has 0 bridgehead atoms. The molecule has 0 spiro atoms. The van der Waals surface area contributed by atoms with Crippen LogP contribution < -0.4 is 5.32 Å². The average molecular weight is 498 g/mol. The number of amides is 1. The van der Waals surface area contributed by atoms with Gasteiger partial charge in [-0.3, -0.25) is 4.79 Å². The second-order valence-corrected chi connectivity index (χ2v) is 10.8. The quantitative estimate of drug-likeness (QED) is 0.635. The number of hydrogen-bond acceptors (Lipinski definition) is 5. The Bertz CT molecular complexity index is 1070. The predicted molar refractivity (Wildman–Crippen MR) is 125 cm³/mol. The number of ether oxygens (including phenoxy) is 1. The van der Waals surface area contributed by atoms with Crippen LogP contribution in [0.25, 0.3) is 0 Å². The van der Waals surface area contributed by atoms with Crippen molar-refractivity contribution in [1.82, 2.24) is 14.5 Å². The molecule has 0 aliphatic carbocycles. The van der Waals surface area contributed by atoms with E-state index in [0.717, 1.165) is 0 Å². The topological polar surface area (TPSA) is 79.0 Å². The minimum atomic E-state index is -3.69. The van der Waals surface area contributed by atoms with Crippen LogP contribution in [0, 0.1) is 5.82 Å². The monoisotopic (exact) mass is 497 g/mol. The number of nitrogens with zero attached hydrogens (tertiary/aromatic N) is 2. The van der Waals surface area contributed by atoms with E-state index in [9.17, 15) is 17.6 Å². The SMILES string of the molecule is C[C@@H]1CN(S(=O)(=O)c2ccc(C(=O)NC[C@@H](c3c(F)cccc3Cl)N(C)C)cc2)C[C@H](C)O1. The minimum Gasteiger partial charge on any atom is -0.373 e. The standard InChI is InChI=1S/C23H29ClFN3O4S/c1-15-13-28(14-16(2)32-15)33(30,31)18-10-8-17(9-11-18)23(29)26-12-21(27(3)4)22-19(24)6-5-7-20(22)25/h5-11,15-16,21H,12-14H2,1-4H3,(H,26,29)/t15-,16+,21-/m0/s1. The number of carbonyl (C=O) groups is 1. The summed E-state index contributed by atoms with van der Waals surface area (Å²) in [5.74, 6) is -0.844. The number of carbonyl (C=O) groups excluding carboxylic acids is 1. The van der Waals surface area contributed by atoms with Crippen LogP contribution >= 0.6 is 11.6 Å². The largest absolute Gasteiger partial charge is 0.373 e. The van der Waals surface area contributed by atoms with Crippen molar-refractivity contribution in [2.75, 3.05) is 33.7 Å². The summed E-state index contributed by atoms with van der Waals surface area (Å²) in [6.07, 6.45) is -0.387. The molecule has 1 fully saturated rings. The van der Waals surface area contributed by atoms with Crippen molar-refractivity contribution in [3.8, 4) is 0 Å². The van der Waals surface area contributed by atoms with Crippen LogP contribution in [0.4, 0.5) is 4.39 Å². The Hall–Kier alpha value is -2.04. The molecule has 3 rings (SSSR count). The first-order valence-corrected chi connectivity index (χ1v) is 12.5. The third-order valence-corrected chi connectivity index (χ3v) is 7.73. The van der Waals surface area contributed by atoms with Gasteiger partial charge in [0.25, 0.3) is 5.91 Å². The highest BCUT2D eigenvalue weighted by atomic mass is 35.5. The van der Waals surface area contributed by atoms with Gasteiger partial charge in [-0.2, -0.15) is 4.31 Å². The molecule has 2 aromatic carbocycles. The molecular weight excluding hydrogens is 469 g/mol. The lowest BCUT2D eigenvalue weighted by Crippen LogP contribution is -2.48. The molecule has 33 heavy (non-hydrogen) atoms. The summed E-state index contributed by atoms with van der Waals surface area (Å²) in [5, 5.41) is 3.07. The number of halogens is 2. The molecular formula is C23H29ClFN3O4S. The van der Waals surface area contributed by atoms with Gasteiger partial charge in [-0.1, -0.05) is 17.7 Å². The maximum atomic E-state index is 14.4. The number of benzene rings is 2. The van der Waals surface area contributed by atoms with Gasteiger partial charge < -0.3 is 15.0 Å². The highest BCUT2D eigenvalue weighted by Crippen LogP contribution is 2.28. The zero-order valence-electron chi connectivity index (χ0n) is 19.1. The summed E-state index contributed by atoms with van der Waals surface area (Å²) >= 11 is 6.19. The van der Waals surface area contributed by atoms with Gasteiger partial charge >= 0.3 is 0 Å². The molecule has 0 unspecified atom stereocenters. The molecule has 1 heterocycles. The van der Waals surface area contributed by atoms with Gasteiger partial charge in [0.1, 0.15) is 5.82 Å². The predicted octanol–water partition coefficient (Wildman–Crippen LogP) is 3.31. The first kappa shape index (κ1) is 25.6. The van der Waals surface area contributed by atoms with Crippen molar-refractivity contribution >= 4 is 27.5 Å². The molecule has 180 valence electrons. The van der Waals surface area contributed by atoms with Crippen LogP contribution in [0.3, 0.4) is 0 Å². The Balaban J connectivity index is 1.71. The van der Waals surface area contributed by atoms with E-state index in [-0.39, 0.29) is 41.8 Å². The fraction of sp³-hybridized carbons (Fsp3) is 0.435. The molecule has 0 radical (unpaired) electrons. The molecule has 1 amide bonds. The van der Waals surface area contributed by atoms with Crippen molar-refractivity contribution in [2.45, 2.75) is 37.0 Å².